The average Bonchev–Trinajstić information content (AvgIpc) is 3.22. The van der Waals surface area contributed by atoms with Crippen LogP contribution >= 0.6 is 11.3 Å². The molecule has 0 saturated carbocycles. The van der Waals surface area contributed by atoms with E-state index in [2.05, 4.69) is 27.4 Å². The molecule has 156 valence electrons. The molecule has 0 bridgehead atoms. The molecule has 1 fully saturated rings. The van der Waals surface area contributed by atoms with E-state index in [9.17, 15) is 8.42 Å². The van der Waals surface area contributed by atoms with Crippen molar-refractivity contribution >= 4 is 37.3 Å². The molecular weight excluding hydrogens is 420 g/mol. The monoisotopic (exact) mass is 442 g/mol. The molecule has 6 nitrogen and oxygen atoms in total. The molecule has 3 aromatic rings. The van der Waals surface area contributed by atoms with Gasteiger partial charge in [-0.1, -0.05) is 6.08 Å². The van der Waals surface area contributed by atoms with E-state index in [4.69, 9.17) is 9.47 Å². The van der Waals surface area contributed by atoms with Gasteiger partial charge in [-0.05, 0) is 41.8 Å². The van der Waals surface area contributed by atoms with Crippen molar-refractivity contribution in [2.24, 2.45) is 0 Å². The number of benzene rings is 1. The van der Waals surface area contributed by atoms with E-state index in [0.717, 1.165) is 34.7 Å². The summed E-state index contributed by atoms with van der Waals surface area (Å²) in [5.74, 6) is 2.07. The van der Waals surface area contributed by atoms with E-state index >= 15 is 0 Å². The predicted octanol–water partition coefficient (Wildman–Crippen LogP) is 3.55. The van der Waals surface area contributed by atoms with Gasteiger partial charge in [-0.3, -0.25) is 9.88 Å². The molecule has 2 aliphatic heterocycles. The summed E-state index contributed by atoms with van der Waals surface area (Å²) in [5, 5.41) is 3.22. The fourth-order valence-corrected chi connectivity index (χ4v) is 5.76. The second-order valence-corrected chi connectivity index (χ2v) is 10.8. The highest BCUT2D eigenvalue weighted by Gasteiger charge is 2.21. The topological polar surface area (TPSA) is 68.7 Å². The number of rotatable bonds is 5. The standard InChI is InChI=1S/C22H22N2O4S2/c25-30(26)11-7-24(8-12-30)6-9-27-18-2-4-20-16(13-18)1-3-21(28-20)19-14-22-17(15-23-19)5-10-29-22/h1-5,10,13-15,21H,6-9,11-12H2. The largest absolute Gasteiger partial charge is 0.492 e. The first-order valence-corrected chi connectivity index (χ1v) is 12.6. The Morgan fingerprint density at radius 1 is 1.20 bits per heavy atom. The van der Waals surface area contributed by atoms with Crippen LogP contribution in [0.4, 0.5) is 0 Å². The zero-order chi connectivity index (χ0) is 20.6. The van der Waals surface area contributed by atoms with Gasteiger partial charge in [-0.2, -0.15) is 0 Å². The highest BCUT2D eigenvalue weighted by Crippen LogP contribution is 2.35. The van der Waals surface area contributed by atoms with Crippen molar-refractivity contribution < 1.29 is 17.9 Å². The molecule has 1 aromatic carbocycles. The number of hydrogen-bond donors (Lipinski definition) is 0. The normalized spacial score (nSPS) is 20.6. The number of hydrogen-bond acceptors (Lipinski definition) is 7. The second-order valence-electron chi connectivity index (χ2n) is 7.51. The Labute approximate surface area is 179 Å². The minimum atomic E-state index is -2.84. The molecule has 1 saturated heterocycles. The van der Waals surface area contributed by atoms with Crippen LogP contribution in [-0.4, -0.2) is 56.0 Å². The number of sulfone groups is 1. The number of ether oxygens (including phenoxy) is 2. The molecule has 2 aromatic heterocycles. The molecule has 0 N–H and O–H groups in total. The molecule has 0 aliphatic carbocycles. The fourth-order valence-electron chi connectivity index (χ4n) is 3.67. The van der Waals surface area contributed by atoms with Crippen LogP contribution in [0.2, 0.25) is 0 Å². The van der Waals surface area contributed by atoms with Crippen molar-refractivity contribution in [1.29, 1.82) is 0 Å². The summed E-state index contributed by atoms with van der Waals surface area (Å²) in [6.07, 6.45) is 5.75. The molecule has 1 atom stereocenters. The first-order chi connectivity index (χ1) is 14.6. The summed E-state index contributed by atoms with van der Waals surface area (Å²) in [6, 6.07) is 9.96. The van der Waals surface area contributed by atoms with Crippen molar-refractivity contribution in [3.05, 3.63) is 59.2 Å². The van der Waals surface area contributed by atoms with Gasteiger partial charge in [0.15, 0.2) is 15.9 Å². The minimum absolute atomic E-state index is 0.203. The van der Waals surface area contributed by atoms with E-state index in [1.807, 2.05) is 36.5 Å². The van der Waals surface area contributed by atoms with Crippen LogP contribution in [0.1, 0.15) is 17.4 Å². The van der Waals surface area contributed by atoms with E-state index < -0.39 is 9.84 Å². The van der Waals surface area contributed by atoms with Crippen molar-refractivity contribution in [3.8, 4) is 11.5 Å². The van der Waals surface area contributed by atoms with E-state index in [0.29, 0.717) is 19.7 Å². The van der Waals surface area contributed by atoms with E-state index in [-0.39, 0.29) is 17.6 Å². The van der Waals surface area contributed by atoms with Crippen LogP contribution in [0, 0.1) is 0 Å². The van der Waals surface area contributed by atoms with Gasteiger partial charge in [-0.25, -0.2) is 8.42 Å². The molecule has 30 heavy (non-hydrogen) atoms. The van der Waals surface area contributed by atoms with Crippen molar-refractivity contribution in [2.75, 3.05) is 37.7 Å². The Hall–Kier alpha value is -2.42. The highest BCUT2D eigenvalue weighted by molar-refractivity contribution is 7.91. The smallest absolute Gasteiger partial charge is 0.159 e. The molecule has 8 heteroatoms. The number of fused-ring (bicyclic) bond motifs is 2. The number of pyridine rings is 1. The lowest BCUT2D eigenvalue weighted by molar-refractivity contribution is 0.218. The third-order valence-corrected chi connectivity index (χ3v) is 7.94. The Balaban J connectivity index is 1.20. The third kappa shape index (κ3) is 4.21. The first kappa shape index (κ1) is 19.5. The average molecular weight is 443 g/mol. The van der Waals surface area contributed by atoms with Gasteiger partial charge in [0.2, 0.25) is 0 Å². The van der Waals surface area contributed by atoms with Gasteiger partial charge < -0.3 is 9.47 Å². The molecule has 1 unspecified atom stereocenters. The molecule has 0 spiro atoms. The van der Waals surface area contributed by atoms with Crippen LogP contribution < -0.4 is 9.47 Å². The van der Waals surface area contributed by atoms with Gasteiger partial charge >= 0.3 is 0 Å². The Morgan fingerprint density at radius 3 is 2.93 bits per heavy atom. The zero-order valence-electron chi connectivity index (χ0n) is 16.4. The van der Waals surface area contributed by atoms with Crippen LogP contribution in [0.3, 0.4) is 0 Å². The Morgan fingerprint density at radius 2 is 2.07 bits per heavy atom. The van der Waals surface area contributed by atoms with Crippen molar-refractivity contribution in [2.45, 2.75) is 6.10 Å². The minimum Gasteiger partial charge on any atom is -0.492 e. The Bertz CT molecular complexity index is 1190. The molecule has 0 amide bonds. The quantitative estimate of drug-likeness (QED) is 0.602. The lowest BCUT2D eigenvalue weighted by Crippen LogP contribution is -2.42. The lowest BCUT2D eigenvalue weighted by atomic mass is 10.1. The second kappa shape index (κ2) is 8.02. The van der Waals surface area contributed by atoms with Gasteiger partial charge in [0, 0.05) is 41.5 Å². The maximum absolute atomic E-state index is 11.5. The molecule has 0 radical (unpaired) electrons. The maximum atomic E-state index is 11.5. The third-order valence-electron chi connectivity index (χ3n) is 5.45. The summed E-state index contributed by atoms with van der Waals surface area (Å²) in [4.78, 5) is 6.68. The van der Waals surface area contributed by atoms with E-state index in [1.54, 1.807) is 11.3 Å². The molecule has 4 heterocycles. The van der Waals surface area contributed by atoms with Gasteiger partial charge in [0.1, 0.15) is 18.1 Å². The van der Waals surface area contributed by atoms with Crippen LogP contribution in [0.5, 0.6) is 11.5 Å². The van der Waals surface area contributed by atoms with Gasteiger partial charge in [-0.15, -0.1) is 11.3 Å². The highest BCUT2D eigenvalue weighted by atomic mass is 32.2. The number of thiophene rings is 1. The lowest BCUT2D eigenvalue weighted by Gasteiger charge is -2.26. The van der Waals surface area contributed by atoms with Crippen LogP contribution in [0.15, 0.2) is 48.0 Å². The van der Waals surface area contributed by atoms with Crippen LogP contribution in [-0.2, 0) is 9.84 Å². The van der Waals surface area contributed by atoms with Crippen molar-refractivity contribution in [1.82, 2.24) is 9.88 Å². The first-order valence-electron chi connectivity index (χ1n) is 9.93. The summed E-state index contributed by atoms with van der Waals surface area (Å²) in [7, 11) is -2.84. The van der Waals surface area contributed by atoms with Crippen LogP contribution in [0.25, 0.3) is 16.2 Å². The summed E-state index contributed by atoms with van der Waals surface area (Å²) in [5.41, 5.74) is 1.88. The SMILES string of the molecule is O=S1(=O)CCN(CCOc2ccc3c(c2)C=CC(c2cc4sccc4cn2)O3)CC1. The Kier molecular flexibility index (Phi) is 5.22. The number of nitrogens with zero attached hydrogens (tertiary/aromatic N) is 2. The maximum Gasteiger partial charge on any atom is 0.159 e. The van der Waals surface area contributed by atoms with Gasteiger partial charge in [0.05, 0.1) is 17.2 Å². The van der Waals surface area contributed by atoms with Crippen molar-refractivity contribution in [3.63, 3.8) is 0 Å². The summed E-state index contributed by atoms with van der Waals surface area (Å²) < 4.78 is 36.3. The molecular formula is C22H22N2O4S2. The zero-order valence-corrected chi connectivity index (χ0v) is 18.0. The van der Waals surface area contributed by atoms with E-state index in [1.165, 1.54) is 4.70 Å². The summed E-state index contributed by atoms with van der Waals surface area (Å²) in [6.45, 7) is 2.41. The fraction of sp³-hybridized carbons (Fsp3) is 0.318. The molecule has 5 rings (SSSR count). The van der Waals surface area contributed by atoms with Gasteiger partial charge in [0.25, 0.3) is 0 Å². The summed E-state index contributed by atoms with van der Waals surface area (Å²) >= 11 is 1.70. The number of aromatic nitrogens is 1. The predicted molar refractivity (Wildman–Crippen MR) is 119 cm³/mol. The molecule has 2 aliphatic rings.